The molecule has 0 bridgehead atoms. The highest BCUT2D eigenvalue weighted by Gasteiger charge is 2.19. The summed E-state index contributed by atoms with van der Waals surface area (Å²) in [7, 11) is 2.65. The van der Waals surface area contributed by atoms with E-state index in [2.05, 4.69) is 10.1 Å². The summed E-state index contributed by atoms with van der Waals surface area (Å²) in [6.07, 6.45) is 0. The number of urea groups is 1. The Labute approximate surface area is 150 Å². The van der Waals surface area contributed by atoms with E-state index < -0.39 is 23.4 Å². The molecule has 134 valence electrons. The number of benzene rings is 1. The minimum atomic E-state index is -0.827. The molecule has 0 saturated carbocycles. The van der Waals surface area contributed by atoms with E-state index in [0.29, 0.717) is 9.70 Å². The zero-order chi connectivity index (χ0) is 18.8. The van der Waals surface area contributed by atoms with Crippen LogP contribution < -0.4 is 15.8 Å². The van der Waals surface area contributed by atoms with Crippen molar-refractivity contribution in [2.75, 3.05) is 24.4 Å². The van der Waals surface area contributed by atoms with Crippen LogP contribution in [0.15, 0.2) is 45.6 Å². The Bertz CT molecular complexity index is 1060. The topological polar surface area (TPSA) is 88.8 Å². The van der Waals surface area contributed by atoms with Gasteiger partial charge in [-0.2, -0.15) is 0 Å². The lowest BCUT2D eigenvalue weighted by molar-refractivity contribution is 0.0596. The molecule has 3 aromatic rings. The third-order valence-corrected chi connectivity index (χ3v) is 4.71. The molecule has 2 heterocycles. The van der Waals surface area contributed by atoms with E-state index in [4.69, 9.17) is 4.42 Å². The molecule has 0 radical (unpaired) electrons. The van der Waals surface area contributed by atoms with Crippen LogP contribution in [0.1, 0.15) is 10.4 Å². The van der Waals surface area contributed by atoms with Crippen molar-refractivity contribution in [3.8, 4) is 0 Å². The van der Waals surface area contributed by atoms with Gasteiger partial charge >= 0.3 is 17.6 Å². The van der Waals surface area contributed by atoms with Gasteiger partial charge in [0.1, 0.15) is 16.4 Å². The van der Waals surface area contributed by atoms with Gasteiger partial charge in [0.25, 0.3) is 0 Å². The average Bonchev–Trinajstić information content (AvgIpc) is 3.04. The SMILES string of the molecule is COC(=O)c1cc2sc(N(C)C(=O)Nc3ccccc3F)cc2oc1=O. The zero-order valence-corrected chi connectivity index (χ0v) is 14.6. The van der Waals surface area contributed by atoms with Gasteiger partial charge in [0, 0.05) is 13.1 Å². The van der Waals surface area contributed by atoms with E-state index in [1.54, 1.807) is 6.07 Å². The predicted octanol–water partition coefficient (Wildman–Crippen LogP) is 3.45. The molecule has 0 atom stereocenters. The second-order valence-corrected chi connectivity index (χ2v) is 6.28. The van der Waals surface area contributed by atoms with Gasteiger partial charge in [-0.3, -0.25) is 4.90 Å². The van der Waals surface area contributed by atoms with Gasteiger partial charge in [-0.05, 0) is 18.2 Å². The first-order valence-electron chi connectivity index (χ1n) is 7.36. The van der Waals surface area contributed by atoms with Crippen LogP contribution in [0.5, 0.6) is 0 Å². The summed E-state index contributed by atoms with van der Waals surface area (Å²) in [5.74, 6) is -1.36. The molecular weight excluding hydrogens is 363 g/mol. The Hall–Kier alpha value is -3.20. The van der Waals surface area contributed by atoms with Crippen molar-refractivity contribution in [3.63, 3.8) is 0 Å². The first kappa shape index (κ1) is 17.6. The van der Waals surface area contributed by atoms with Crippen LogP contribution in [0, 0.1) is 5.82 Å². The molecule has 0 spiro atoms. The van der Waals surface area contributed by atoms with E-state index in [-0.39, 0.29) is 16.8 Å². The van der Waals surface area contributed by atoms with Crippen molar-refractivity contribution in [1.29, 1.82) is 0 Å². The number of rotatable bonds is 3. The maximum Gasteiger partial charge on any atom is 0.351 e. The molecule has 0 saturated heterocycles. The normalized spacial score (nSPS) is 10.6. The number of halogens is 1. The maximum atomic E-state index is 13.7. The number of anilines is 2. The van der Waals surface area contributed by atoms with Crippen LogP contribution in [0.2, 0.25) is 0 Å². The molecule has 7 nitrogen and oxygen atoms in total. The molecule has 26 heavy (non-hydrogen) atoms. The highest BCUT2D eigenvalue weighted by molar-refractivity contribution is 7.22. The van der Waals surface area contributed by atoms with Gasteiger partial charge in [0.15, 0.2) is 5.58 Å². The van der Waals surface area contributed by atoms with Gasteiger partial charge in [-0.15, -0.1) is 11.3 Å². The van der Waals surface area contributed by atoms with Crippen molar-refractivity contribution < 1.29 is 23.1 Å². The van der Waals surface area contributed by atoms with E-state index >= 15 is 0 Å². The van der Waals surface area contributed by atoms with Gasteiger partial charge in [0.05, 0.1) is 17.5 Å². The molecule has 2 aromatic heterocycles. The van der Waals surface area contributed by atoms with E-state index in [1.807, 2.05) is 0 Å². The molecule has 1 aromatic carbocycles. The van der Waals surface area contributed by atoms with E-state index in [0.717, 1.165) is 18.4 Å². The van der Waals surface area contributed by atoms with Crippen LogP contribution >= 0.6 is 11.3 Å². The lowest BCUT2D eigenvalue weighted by Gasteiger charge is -2.16. The molecular formula is C17H13FN2O5S. The molecule has 0 unspecified atom stereocenters. The molecule has 2 amide bonds. The number of nitrogens with zero attached hydrogens (tertiary/aromatic N) is 1. The summed E-state index contributed by atoms with van der Waals surface area (Å²) in [6, 6.07) is 8.05. The molecule has 9 heteroatoms. The summed E-state index contributed by atoms with van der Waals surface area (Å²) in [5, 5.41) is 2.90. The number of hydrogen-bond acceptors (Lipinski definition) is 6. The molecule has 0 aliphatic rings. The molecule has 0 aliphatic carbocycles. The fourth-order valence-corrected chi connectivity index (χ4v) is 3.17. The lowest BCUT2D eigenvalue weighted by Crippen LogP contribution is -2.30. The number of fused-ring (bicyclic) bond motifs is 1. The fraction of sp³-hybridized carbons (Fsp3) is 0.118. The molecule has 0 fully saturated rings. The molecule has 1 N–H and O–H groups in total. The highest BCUT2D eigenvalue weighted by atomic mass is 32.1. The number of methoxy groups -OCH3 is 1. The zero-order valence-electron chi connectivity index (χ0n) is 13.7. The number of hydrogen-bond donors (Lipinski definition) is 1. The molecule has 0 aliphatic heterocycles. The average molecular weight is 376 g/mol. The second kappa shape index (κ2) is 6.96. The number of amides is 2. The highest BCUT2D eigenvalue weighted by Crippen LogP contribution is 2.32. The number of carbonyl (C=O) groups excluding carboxylic acids is 2. The predicted molar refractivity (Wildman–Crippen MR) is 95.5 cm³/mol. The van der Waals surface area contributed by atoms with Crippen LogP contribution in [-0.2, 0) is 4.74 Å². The smallest absolute Gasteiger partial charge is 0.351 e. The second-order valence-electron chi connectivity index (χ2n) is 5.22. The van der Waals surface area contributed by atoms with Crippen molar-refractivity contribution in [3.05, 3.63) is 58.2 Å². The minimum absolute atomic E-state index is 0.0463. The third-order valence-electron chi connectivity index (χ3n) is 3.57. The van der Waals surface area contributed by atoms with E-state index in [9.17, 15) is 18.8 Å². The summed E-state index contributed by atoms with van der Waals surface area (Å²) in [4.78, 5) is 37.0. The summed E-state index contributed by atoms with van der Waals surface area (Å²) in [6.45, 7) is 0. The summed E-state index contributed by atoms with van der Waals surface area (Å²) in [5.41, 5.74) is -0.780. The Kier molecular flexibility index (Phi) is 4.72. The van der Waals surface area contributed by atoms with Gasteiger partial charge in [-0.1, -0.05) is 12.1 Å². The van der Waals surface area contributed by atoms with Gasteiger partial charge in [0.2, 0.25) is 0 Å². The number of carbonyl (C=O) groups is 2. The number of ether oxygens (including phenoxy) is 1. The van der Waals surface area contributed by atoms with Crippen molar-refractivity contribution in [2.45, 2.75) is 0 Å². The first-order valence-corrected chi connectivity index (χ1v) is 8.17. The van der Waals surface area contributed by atoms with Gasteiger partial charge in [-0.25, -0.2) is 18.8 Å². The Morgan fingerprint density at radius 1 is 1.27 bits per heavy atom. The standard InChI is InChI=1S/C17H13FN2O5S/c1-20(17(23)19-11-6-4-3-5-10(11)18)14-8-12-13(26-14)7-9(15(21)24-2)16(22)25-12/h3-8H,1-2H3,(H,19,23). The number of thiophene rings is 1. The largest absolute Gasteiger partial charge is 0.465 e. The fourth-order valence-electron chi connectivity index (χ4n) is 2.18. The van der Waals surface area contributed by atoms with Crippen LogP contribution in [-0.4, -0.2) is 26.2 Å². The van der Waals surface area contributed by atoms with Crippen molar-refractivity contribution in [2.24, 2.45) is 0 Å². The number of para-hydroxylation sites is 1. The number of esters is 1. The molecule has 3 rings (SSSR count). The van der Waals surface area contributed by atoms with Crippen LogP contribution in [0.3, 0.4) is 0 Å². The van der Waals surface area contributed by atoms with E-state index in [1.165, 1.54) is 42.3 Å². The van der Waals surface area contributed by atoms with Gasteiger partial charge < -0.3 is 14.5 Å². The monoisotopic (exact) mass is 376 g/mol. The number of nitrogens with one attached hydrogen (secondary N) is 1. The quantitative estimate of drug-likeness (QED) is 0.707. The minimum Gasteiger partial charge on any atom is -0.465 e. The van der Waals surface area contributed by atoms with Crippen molar-refractivity contribution >= 4 is 44.3 Å². The third kappa shape index (κ3) is 3.29. The Morgan fingerprint density at radius 3 is 2.69 bits per heavy atom. The maximum absolute atomic E-state index is 13.7. The van der Waals surface area contributed by atoms with Crippen LogP contribution in [0.25, 0.3) is 10.3 Å². The first-order chi connectivity index (χ1) is 12.4. The summed E-state index contributed by atoms with van der Waals surface area (Å²) < 4.78 is 23.8. The Morgan fingerprint density at radius 2 is 2.00 bits per heavy atom. The van der Waals surface area contributed by atoms with Crippen molar-refractivity contribution in [1.82, 2.24) is 0 Å². The summed E-state index contributed by atoms with van der Waals surface area (Å²) >= 11 is 1.13. The van der Waals surface area contributed by atoms with Crippen LogP contribution in [0.4, 0.5) is 19.9 Å². The lowest BCUT2D eigenvalue weighted by atomic mass is 10.3. The Balaban J connectivity index is 1.90.